The number of carbonyl (C=O) groups is 2. The quantitative estimate of drug-likeness (QED) is 0.907. The number of hydrogen-bond acceptors (Lipinski definition) is 2. The van der Waals surface area contributed by atoms with Crippen LogP contribution in [-0.4, -0.2) is 35.0 Å². The average molecular weight is 261 g/mol. The predicted octanol–water partition coefficient (Wildman–Crippen LogP) is 2.19. The van der Waals surface area contributed by atoms with E-state index in [-0.39, 0.29) is 5.91 Å². The maximum absolute atomic E-state index is 11.3. The van der Waals surface area contributed by atoms with Crippen LogP contribution in [0.5, 0.6) is 0 Å². The number of carboxylic acid groups (broad SMARTS) is 1. The van der Waals surface area contributed by atoms with Gasteiger partial charge in [0, 0.05) is 20.0 Å². The molecule has 0 bridgehead atoms. The Balaban J connectivity index is 2.00. The van der Waals surface area contributed by atoms with Gasteiger partial charge in [-0.2, -0.15) is 0 Å². The van der Waals surface area contributed by atoms with Crippen molar-refractivity contribution < 1.29 is 14.7 Å². The van der Waals surface area contributed by atoms with E-state index in [0.717, 1.165) is 37.9 Å². The zero-order valence-corrected chi connectivity index (χ0v) is 11.1. The fraction of sp³-hybridized carbons (Fsp3) is 0.467. The summed E-state index contributed by atoms with van der Waals surface area (Å²) < 4.78 is 0. The van der Waals surface area contributed by atoms with Crippen molar-refractivity contribution in [1.82, 2.24) is 4.90 Å². The molecule has 0 aromatic heterocycles. The van der Waals surface area contributed by atoms with E-state index in [1.54, 1.807) is 19.1 Å². The molecule has 1 aromatic rings. The Morgan fingerprint density at radius 3 is 2.47 bits per heavy atom. The molecule has 0 spiro atoms. The van der Waals surface area contributed by atoms with Crippen LogP contribution in [0.25, 0.3) is 0 Å². The van der Waals surface area contributed by atoms with Crippen molar-refractivity contribution in [2.24, 2.45) is 5.92 Å². The minimum Gasteiger partial charge on any atom is -0.478 e. The predicted molar refractivity (Wildman–Crippen MR) is 72.1 cm³/mol. The molecule has 1 fully saturated rings. The van der Waals surface area contributed by atoms with Gasteiger partial charge in [0.25, 0.3) is 0 Å². The van der Waals surface area contributed by atoms with Gasteiger partial charge in [-0.3, -0.25) is 4.79 Å². The van der Waals surface area contributed by atoms with Gasteiger partial charge in [0.2, 0.25) is 5.91 Å². The van der Waals surface area contributed by atoms with Crippen molar-refractivity contribution in [3.05, 3.63) is 35.4 Å². The lowest BCUT2D eigenvalue weighted by Crippen LogP contribution is -2.37. The molecular formula is C15H19NO3. The van der Waals surface area contributed by atoms with Crippen LogP contribution in [0.3, 0.4) is 0 Å². The van der Waals surface area contributed by atoms with Crippen molar-refractivity contribution in [2.75, 3.05) is 13.1 Å². The molecule has 4 nitrogen and oxygen atoms in total. The molecule has 0 aliphatic carbocycles. The van der Waals surface area contributed by atoms with E-state index in [2.05, 4.69) is 0 Å². The van der Waals surface area contributed by atoms with Crippen LogP contribution in [0, 0.1) is 5.92 Å². The number of hydrogen-bond donors (Lipinski definition) is 1. The van der Waals surface area contributed by atoms with Crippen molar-refractivity contribution >= 4 is 11.9 Å². The first-order valence-electron chi connectivity index (χ1n) is 6.64. The summed E-state index contributed by atoms with van der Waals surface area (Å²) in [5, 5.41) is 9.16. The summed E-state index contributed by atoms with van der Waals surface area (Å²) in [6.07, 6.45) is 2.69. The zero-order chi connectivity index (χ0) is 13.8. The van der Waals surface area contributed by atoms with E-state index < -0.39 is 5.97 Å². The molecule has 0 saturated carbocycles. The summed E-state index contributed by atoms with van der Waals surface area (Å²) in [6.45, 7) is 3.17. The molecule has 2 rings (SSSR count). The number of nitrogens with zero attached hydrogens (tertiary/aromatic N) is 1. The normalized spacial score (nSPS) is 16.4. The van der Waals surface area contributed by atoms with Crippen LogP contribution >= 0.6 is 0 Å². The number of carboxylic acids is 1. The van der Waals surface area contributed by atoms with Crippen LogP contribution in [0.2, 0.25) is 0 Å². The molecule has 0 radical (unpaired) electrons. The minimum atomic E-state index is -0.864. The van der Waals surface area contributed by atoms with E-state index in [0.29, 0.717) is 11.5 Å². The van der Waals surface area contributed by atoms with Gasteiger partial charge in [0.1, 0.15) is 0 Å². The first kappa shape index (κ1) is 13.6. The standard InChI is InChI=1S/C15H19NO3/c1-11(17)16-8-6-12(7-9-16)10-13-4-2-3-5-14(13)15(18)19/h2-5,12H,6-10H2,1H3,(H,18,19). The number of benzene rings is 1. The summed E-state index contributed by atoms with van der Waals surface area (Å²) >= 11 is 0. The molecule has 19 heavy (non-hydrogen) atoms. The van der Waals surface area contributed by atoms with Crippen molar-refractivity contribution in [3.63, 3.8) is 0 Å². The van der Waals surface area contributed by atoms with Gasteiger partial charge < -0.3 is 10.0 Å². The molecule has 0 atom stereocenters. The highest BCUT2D eigenvalue weighted by Gasteiger charge is 2.22. The van der Waals surface area contributed by atoms with Gasteiger partial charge in [-0.1, -0.05) is 18.2 Å². The number of piperidine rings is 1. The van der Waals surface area contributed by atoms with Gasteiger partial charge in [-0.25, -0.2) is 4.79 Å². The number of amides is 1. The SMILES string of the molecule is CC(=O)N1CCC(Cc2ccccc2C(=O)O)CC1. The molecule has 1 N–H and O–H groups in total. The molecule has 1 amide bonds. The highest BCUT2D eigenvalue weighted by Crippen LogP contribution is 2.23. The third-order valence-electron chi connectivity index (χ3n) is 3.82. The Labute approximate surface area is 113 Å². The van der Waals surface area contributed by atoms with Crippen molar-refractivity contribution in [1.29, 1.82) is 0 Å². The second kappa shape index (κ2) is 5.87. The second-order valence-corrected chi connectivity index (χ2v) is 5.12. The van der Waals surface area contributed by atoms with E-state index in [4.69, 9.17) is 5.11 Å². The summed E-state index contributed by atoms with van der Waals surface area (Å²) in [5.41, 5.74) is 1.30. The van der Waals surface area contributed by atoms with Crippen LogP contribution in [-0.2, 0) is 11.2 Å². The minimum absolute atomic E-state index is 0.129. The van der Waals surface area contributed by atoms with Gasteiger partial charge >= 0.3 is 5.97 Å². The van der Waals surface area contributed by atoms with Crippen LogP contribution in [0.15, 0.2) is 24.3 Å². The van der Waals surface area contributed by atoms with Gasteiger partial charge in [0.05, 0.1) is 5.56 Å². The lowest BCUT2D eigenvalue weighted by atomic mass is 9.88. The lowest BCUT2D eigenvalue weighted by molar-refractivity contribution is -0.130. The van der Waals surface area contributed by atoms with E-state index in [1.165, 1.54) is 0 Å². The smallest absolute Gasteiger partial charge is 0.335 e. The van der Waals surface area contributed by atoms with Crippen molar-refractivity contribution in [2.45, 2.75) is 26.2 Å². The number of aromatic carboxylic acids is 1. The first-order valence-corrected chi connectivity index (χ1v) is 6.64. The fourth-order valence-corrected chi connectivity index (χ4v) is 2.67. The molecule has 1 aromatic carbocycles. The molecule has 1 heterocycles. The van der Waals surface area contributed by atoms with Crippen LogP contribution < -0.4 is 0 Å². The molecule has 1 saturated heterocycles. The van der Waals surface area contributed by atoms with Gasteiger partial charge in [-0.05, 0) is 36.8 Å². The lowest BCUT2D eigenvalue weighted by Gasteiger charge is -2.31. The molecule has 4 heteroatoms. The summed E-state index contributed by atoms with van der Waals surface area (Å²) in [5.74, 6) is -0.266. The molecule has 102 valence electrons. The van der Waals surface area contributed by atoms with Crippen LogP contribution in [0.4, 0.5) is 0 Å². The largest absolute Gasteiger partial charge is 0.478 e. The number of rotatable bonds is 3. The summed E-state index contributed by atoms with van der Waals surface area (Å²) in [4.78, 5) is 24.3. The van der Waals surface area contributed by atoms with Crippen LogP contribution in [0.1, 0.15) is 35.7 Å². The Kier molecular flexibility index (Phi) is 4.20. The van der Waals surface area contributed by atoms with Crippen molar-refractivity contribution in [3.8, 4) is 0 Å². The Morgan fingerprint density at radius 2 is 1.89 bits per heavy atom. The van der Waals surface area contributed by atoms with Gasteiger partial charge in [0.15, 0.2) is 0 Å². The van der Waals surface area contributed by atoms with E-state index in [1.807, 2.05) is 17.0 Å². The molecule has 1 aliphatic rings. The maximum atomic E-state index is 11.3. The molecule has 1 aliphatic heterocycles. The maximum Gasteiger partial charge on any atom is 0.335 e. The Hall–Kier alpha value is -1.84. The third kappa shape index (κ3) is 3.34. The summed E-state index contributed by atoms with van der Waals surface area (Å²) in [7, 11) is 0. The summed E-state index contributed by atoms with van der Waals surface area (Å²) in [6, 6.07) is 7.18. The Morgan fingerprint density at radius 1 is 1.26 bits per heavy atom. The zero-order valence-electron chi connectivity index (χ0n) is 11.1. The average Bonchev–Trinajstić information content (AvgIpc) is 2.39. The Bertz CT molecular complexity index is 476. The fourth-order valence-electron chi connectivity index (χ4n) is 2.67. The molecule has 0 unspecified atom stereocenters. The highest BCUT2D eigenvalue weighted by molar-refractivity contribution is 5.89. The number of likely N-dealkylation sites (tertiary alicyclic amines) is 1. The van der Waals surface area contributed by atoms with E-state index >= 15 is 0 Å². The second-order valence-electron chi connectivity index (χ2n) is 5.12. The molecular weight excluding hydrogens is 242 g/mol. The third-order valence-corrected chi connectivity index (χ3v) is 3.82. The van der Waals surface area contributed by atoms with Gasteiger partial charge in [-0.15, -0.1) is 0 Å². The first-order chi connectivity index (χ1) is 9.08. The topological polar surface area (TPSA) is 57.6 Å². The number of carbonyl (C=O) groups excluding carboxylic acids is 1. The highest BCUT2D eigenvalue weighted by atomic mass is 16.4. The van der Waals surface area contributed by atoms with E-state index in [9.17, 15) is 9.59 Å². The monoisotopic (exact) mass is 261 g/mol.